The van der Waals surface area contributed by atoms with Crippen molar-refractivity contribution in [2.45, 2.75) is 6.92 Å². The van der Waals surface area contributed by atoms with E-state index in [2.05, 4.69) is 4.74 Å². The van der Waals surface area contributed by atoms with Crippen molar-refractivity contribution in [3.05, 3.63) is 29.8 Å². The molecule has 0 aliphatic heterocycles. The second kappa shape index (κ2) is 5.77. The SMILES string of the molecule is CCOC(=O)c1ccccc1OC(=O)P(=O)(O)O. The van der Waals surface area contributed by atoms with Crippen LogP contribution in [-0.4, -0.2) is 28.1 Å². The van der Waals surface area contributed by atoms with Gasteiger partial charge in [-0.05, 0) is 19.1 Å². The fraction of sp³-hybridized carbons (Fsp3) is 0.200. The minimum atomic E-state index is -5.00. The van der Waals surface area contributed by atoms with Gasteiger partial charge in [0.05, 0.1) is 6.61 Å². The summed E-state index contributed by atoms with van der Waals surface area (Å²) < 4.78 is 19.8. The summed E-state index contributed by atoms with van der Waals surface area (Å²) in [5, 5.41) is 0. The van der Waals surface area contributed by atoms with Gasteiger partial charge in [0.25, 0.3) is 0 Å². The first-order valence-electron chi connectivity index (χ1n) is 4.90. The molecule has 0 bridgehead atoms. The van der Waals surface area contributed by atoms with E-state index in [1.807, 2.05) is 0 Å². The zero-order chi connectivity index (χ0) is 13.8. The van der Waals surface area contributed by atoms with Crippen molar-refractivity contribution < 1.29 is 33.4 Å². The summed E-state index contributed by atoms with van der Waals surface area (Å²) >= 11 is 0. The maximum absolute atomic E-state index is 11.5. The molecular weight excluding hydrogens is 263 g/mol. The lowest BCUT2D eigenvalue weighted by atomic mass is 10.2. The van der Waals surface area contributed by atoms with Gasteiger partial charge < -0.3 is 19.3 Å². The Morgan fingerprint density at radius 3 is 2.44 bits per heavy atom. The Balaban J connectivity index is 3.00. The predicted molar refractivity (Wildman–Crippen MR) is 60.5 cm³/mol. The van der Waals surface area contributed by atoms with E-state index in [0.717, 1.165) is 0 Å². The lowest BCUT2D eigenvalue weighted by molar-refractivity contribution is 0.0523. The van der Waals surface area contributed by atoms with Crippen molar-refractivity contribution in [2.24, 2.45) is 0 Å². The molecule has 0 aliphatic rings. The monoisotopic (exact) mass is 274 g/mol. The molecule has 0 heterocycles. The number of carbonyl (C=O) groups is 2. The van der Waals surface area contributed by atoms with Gasteiger partial charge >= 0.3 is 19.3 Å². The second-order valence-corrected chi connectivity index (χ2v) is 4.58. The Labute approximate surface area is 102 Å². The molecule has 0 aliphatic carbocycles. The van der Waals surface area contributed by atoms with Crippen LogP contribution < -0.4 is 4.74 Å². The molecule has 0 saturated heterocycles. The molecule has 18 heavy (non-hydrogen) atoms. The molecule has 7 nitrogen and oxygen atoms in total. The first-order chi connectivity index (χ1) is 8.36. The zero-order valence-electron chi connectivity index (χ0n) is 9.40. The maximum atomic E-state index is 11.5. The molecule has 0 aromatic heterocycles. The largest absolute Gasteiger partial charge is 0.462 e. The minimum absolute atomic E-state index is 0.0823. The van der Waals surface area contributed by atoms with E-state index in [-0.39, 0.29) is 17.9 Å². The third kappa shape index (κ3) is 3.66. The van der Waals surface area contributed by atoms with Crippen molar-refractivity contribution in [1.82, 2.24) is 0 Å². The Morgan fingerprint density at radius 2 is 1.89 bits per heavy atom. The average Bonchev–Trinajstić information content (AvgIpc) is 2.28. The number of para-hydroxylation sites is 1. The Hall–Kier alpha value is -1.69. The summed E-state index contributed by atoms with van der Waals surface area (Å²) in [7, 11) is -5.00. The number of ether oxygens (including phenoxy) is 2. The molecule has 0 spiro atoms. The highest BCUT2D eigenvalue weighted by molar-refractivity contribution is 7.69. The first kappa shape index (κ1) is 14.4. The van der Waals surface area contributed by atoms with Gasteiger partial charge in [0.2, 0.25) is 0 Å². The van der Waals surface area contributed by atoms with Crippen LogP contribution in [0.2, 0.25) is 0 Å². The van der Waals surface area contributed by atoms with Gasteiger partial charge in [0.15, 0.2) is 0 Å². The summed E-state index contributed by atoms with van der Waals surface area (Å²) in [6, 6.07) is 5.51. The van der Waals surface area contributed by atoms with Crippen molar-refractivity contribution in [3.8, 4) is 5.75 Å². The molecule has 1 rings (SSSR count). The van der Waals surface area contributed by atoms with Crippen LogP contribution in [0.4, 0.5) is 4.79 Å². The van der Waals surface area contributed by atoms with E-state index >= 15 is 0 Å². The average molecular weight is 274 g/mol. The van der Waals surface area contributed by atoms with Crippen molar-refractivity contribution >= 4 is 19.3 Å². The van der Waals surface area contributed by atoms with Crippen LogP contribution in [0.25, 0.3) is 0 Å². The third-order valence-corrected chi connectivity index (χ3v) is 2.38. The summed E-state index contributed by atoms with van der Waals surface area (Å²) in [6.07, 6.45) is 0. The smallest absolute Gasteiger partial charge is 0.433 e. The normalized spacial score (nSPS) is 10.8. The third-order valence-electron chi connectivity index (χ3n) is 1.82. The Bertz CT molecular complexity index is 505. The van der Waals surface area contributed by atoms with Gasteiger partial charge in [-0.1, -0.05) is 12.1 Å². The topological polar surface area (TPSA) is 110 Å². The lowest BCUT2D eigenvalue weighted by Gasteiger charge is -2.09. The second-order valence-electron chi connectivity index (χ2n) is 3.13. The fourth-order valence-corrected chi connectivity index (χ4v) is 1.30. The number of rotatable bonds is 4. The van der Waals surface area contributed by atoms with E-state index in [1.165, 1.54) is 24.3 Å². The molecule has 1 aromatic carbocycles. The predicted octanol–water partition coefficient (Wildman–Crippen LogP) is 1.54. The van der Waals surface area contributed by atoms with Gasteiger partial charge in [-0.25, -0.2) is 14.2 Å². The van der Waals surface area contributed by atoms with Crippen LogP contribution in [0.15, 0.2) is 24.3 Å². The van der Waals surface area contributed by atoms with Crippen LogP contribution in [0.3, 0.4) is 0 Å². The Kier molecular flexibility index (Phi) is 4.61. The molecule has 0 unspecified atom stereocenters. The van der Waals surface area contributed by atoms with Gasteiger partial charge in [-0.15, -0.1) is 0 Å². The quantitative estimate of drug-likeness (QED) is 0.632. The number of carbonyl (C=O) groups excluding carboxylic acids is 2. The van der Waals surface area contributed by atoms with Gasteiger partial charge in [-0.2, -0.15) is 0 Å². The lowest BCUT2D eigenvalue weighted by Crippen LogP contribution is -2.11. The van der Waals surface area contributed by atoms with Gasteiger partial charge in [0.1, 0.15) is 11.3 Å². The summed E-state index contributed by atoms with van der Waals surface area (Å²) in [5.41, 5.74) is -1.81. The maximum Gasteiger partial charge on any atom is 0.433 e. The van der Waals surface area contributed by atoms with E-state index in [9.17, 15) is 14.2 Å². The van der Waals surface area contributed by atoms with Crippen LogP contribution in [0.1, 0.15) is 17.3 Å². The number of esters is 1. The van der Waals surface area contributed by atoms with Crippen LogP contribution in [0, 0.1) is 0 Å². The Morgan fingerprint density at radius 1 is 1.28 bits per heavy atom. The van der Waals surface area contributed by atoms with Crippen molar-refractivity contribution in [2.75, 3.05) is 6.61 Å². The van der Waals surface area contributed by atoms with Crippen LogP contribution in [-0.2, 0) is 9.30 Å². The summed E-state index contributed by atoms with van der Waals surface area (Å²) in [4.78, 5) is 39.7. The summed E-state index contributed by atoms with van der Waals surface area (Å²) in [6.45, 7) is 1.72. The minimum Gasteiger partial charge on any atom is -0.462 e. The van der Waals surface area contributed by atoms with Crippen molar-refractivity contribution in [3.63, 3.8) is 0 Å². The van der Waals surface area contributed by atoms with E-state index in [0.29, 0.717) is 0 Å². The number of hydrogen-bond donors (Lipinski definition) is 2. The molecule has 0 amide bonds. The molecule has 98 valence electrons. The molecule has 8 heteroatoms. The van der Waals surface area contributed by atoms with E-state index < -0.39 is 19.3 Å². The summed E-state index contributed by atoms with van der Waals surface area (Å²) in [5.74, 6) is -1.00. The zero-order valence-corrected chi connectivity index (χ0v) is 10.3. The van der Waals surface area contributed by atoms with Crippen LogP contribution >= 0.6 is 7.60 Å². The number of benzene rings is 1. The molecule has 0 fully saturated rings. The molecule has 2 N–H and O–H groups in total. The highest BCUT2D eigenvalue weighted by atomic mass is 31.2. The first-order valence-corrected chi connectivity index (χ1v) is 6.51. The van der Waals surface area contributed by atoms with Crippen molar-refractivity contribution in [1.29, 1.82) is 0 Å². The van der Waals surface area contributed by atoms with E-state index in [4.69, 9.17) is 14.5 Å². The van der Waals surface area contributed by atoms with Gasteiger partial charge in [0, 0.05) is 0 Å². The van der Waals surface area contributed by atoms with Crippen LogP contribution in [0.5, 0.6) is 5.75 Å². The molecule has 0 radical (unpaired) electrons. The highest BCUT2D eigenvalue weighted by Gasteiger charge is 2.30. The van der Waals surface area contributed by atoms with Gasteiger partial charge in [-0.3, -0.25) is 0 Å². The molecule has 0 atom stereocenters. The fourth-order valence-electron chi connectivity index (χ4n) is 1.09. The molecular formula is C10H11O7P. The van der Waals surface area contributed by atoms with E-state index in [1.54, 1.807) is 6.92 Å². The highest BCUT2D eigenvalue weighted by Crippen LogP contribution is 2.38. The number of hydrogen-bond acceptors (Lipinski definition) is 5. The molecule has 1 aromatic rings. The standard InChI is InChI=1S/C10H11O7P/c1-2-16-9(11)7-5-3-4-6-8(7)17-10(12)18(13,14)15/h3-6H,2H2,1H3,(H2,13,14,15). The molecule has 0 saturated carbocycles.